The molecule has 0 spiro atoms. The standard InChI is InChI=1S/C29H48O2/c1-4-22-13-15-25-24-14-12-23-11-7-10-17-28(23,26(24)16-20-27(22,25)2)21-31-29(30-3)18-8-5-6-9-19-29/h11,22,24-26H,4-10,12-21H2,1-3H3/t22-,24-,25-,26-,27+,28+/m0/s1. The van der Waals surface area contributed by atoms with Gasteiger partial charge < -0.3 is 9.47 Å². The molecule has 0 heterocycles. The molecule has 0 aliphatic heterocycles. The van der Waals surface area contributed by atoms with Gasteiger partial charge in [0.05, 0.1) is 6.61 Å². The van der Waals surface area contributed by atoms with Crippen molar-refractivity contribution >= 4 is 0 Å². The Kier molecular flexibility index (Phi) is 6.36. The average Bonchev–Trinajstić information content (AvgIpc) is 2.97. The monoisotopic (exact) mass is 428 g/mol. The van der Waals surface area contributed by atoms with Gasteiger partial charge in [-0.3, -0.25) is 0 Å². The predicted octanol–water partition coefficient (Wildman–Crippen LogP) is 8.06. The van der Waals surface area contributed by atoms with E-state index in [1.807, 2.05) is 7.11 Å². The Morgan fingerprint density at radius 1 is 0.903 bits per heavy atom. The molecular weight excluding hydrogens is 380 g/mol. The van der Waals surface area contributed by atoms with Crippen molar-refractivity contribution in [1.82, 2.24) is 0 Å². The number of hydrogen-bond acceptors (Lipinski definition) is 2. The third kappa shape index (κ3) is 3.67. The Bertz CT molecular complexity index is 660. The van der Waals surface area contributed by atoms with Gasteiger partial charge in [-0.2, -0.15) is 0 Å². The normalized spacial score (nSPS) is 44.5. The van der Waals surface area contributed by atoms with E-state index in [0.717, 1.165) is 43.1 Å². The molecule has 0 radical (unpaired) electrons. The number of methoxy groups -OCH3 is 1. The maximum absolute atomic E-state index is 6.96. The van der Waals surface area contributed by atoms with Gasteiger partial charge in [-0.25, -0.2) is 0 Å². The van der Waals surface area contributed by atoms with E-state index in [1.165, 1.54) is 89.9 Å². The third-order valence-electron chi connectivity index (χ3n) is 11.3. The lowest BCUT2D eigenvalue weighted by Gasteiger charge is -2.59. The molecule has 5 aliphatic carbocycles. The number of rotatable bonds is 5. The fourth-order valence-electron chi connectivity index (χ4n) is 9.52. The van der Waals surface area contributed by atoms with E-state index >= 15 is 0 Å². The fourth-order valence-corrected chi connectivity index (χ4v) is 9.52. The van der Waals surface area contributed by atoms with Crippen LogP contribution in [0.5, 0.6) is 0 Å². The second-order valence-corrected chi connectivity index (χ2v) is 12.2. The predicted molar refractivity (Wildman–Crippen MR) is 128 cm³/mol. The van der Waals surface area contributed by atoms with Crippen molar-refractivity contribution in [3.63, 3.8) is 0 Å². The minimum Gasteiger partial charge on any atom is -0.353 e. The molecule has 4 saturated carbocycles. The van der Waals surface area contributed by atoms with E-state index in [4.69, 9.17) is 9.47 Å². The molecular formula is C29H48O2. The van der Waals surface area contributed by atoms with E-state index < -0.39 is 0 Å². The summed E-state index contributed by atoms with van der Waals surface area (Å²) in [6.07, 6.45) is 24.1. The maximum atomic E-state index is 6.96. The van der Waals surface area contributed by atoms with Crippen LogP contribution in [0.2, 0.25) is 0 Å². The molecule has 0 aromatic rings. The molecule has 0 aromatic carbocycles. The van der Waals surface area contributed by atoms with Crippen LogP contribution in [-0.2, 0) is 9.47 Å². The molecule has 0 N–H and O–H groups in total. The fraction of sp³-hybridized carbons (Fsp3) is 0.931. The molecule has 0 unspecified atom stereocenters. The number of allylic oxidation sites excluding steroid dienone is 1. The van der Waals surface area contributed by atoms with E-state index in [2.05, 4.69) is 19.9 Å². The smallest absolute Gasteiger partial charge is 0.167 e. The zero-order valence-electron chi connectivity index (χ0n) is 20.7. The highest BCUT2D eigenvalue weighted by molar-refractivity contribution is 5.25. The molecule has 6 atom stereocenters. The first-order valence-corrected chi connectivity index (χ1v) is 14.0. The molecule has 2 nitrogen and oxygen atoms in total. The van der Waals surface area contributed by atoms with Gasteiger partial charge in [-0.15, -0.1) is 0 Å². The van der Waals surface area contributed by atoms with Gasteiger partial charge in [0.15, 0.2) is 5.79 Å². The van der Waals surface area contributed by atoms with Crippen LogP contribution in [0.4, 0.5) is 0 Å². The molecule has 5 aliphatic rings. The van der Waals surface area contributed by atoms with Crippen molar-refractivity contribution in [3.05, 3.63) is 11.6 Å². The Hall–Kier alpha value is -0.340. The number of ether oxygens (including phenoxy) is 2. The highest BCUT2D eigenvalue weighted by Gasteiger charge is 2.59. The van der Waals surface area contributed by atoms with Crippen molar-refractivity contribution < 1.29 is 9.47 Å². The number of fused-ring (bicyclic) bond motifs is 5. The van der Waals surface area contributed by atoms with Gasteiger partial charge >= 0.3 is 0 Å². The van der Waals surface area contributed by atoms with Gasteiger partial charge in [0, 0.05) is 25.4 Å². The van der Waals surface area contributed by atoms with Crippen molar-refractivity contribution in [1.29, 1.82) is 0 Å². The van der Waals surface area contributed by atoms with Crippen molar-refractivity contribution in [2.45, 2.75) is 122 Å². The quantitative estimate of drug-likeness (QED) is 0.250. The molecule has 4 fully saturated rings. The summed E-state index contributed by atoms with van der Waals surface area (Å²) in [5.41, 5.74) is 2.71. The first kappa shape index (κ1) is 22.5. The molecule has 0 saturated heterocycles. The summed E-state index contributed by atoms with van der Waals surface area (Å²) in [7, 11) is 1.90. The molecule has 2 heteroatoms. The SMILES string of the molecule is CC[C@H]1CC[C@H]2[C@@H]3CCC4=CCCC[C@]4(COC4(OC)CCCCCC4)[C@H]3CC[C@]12C. The molecule has 0 amide bonds. The summed E-state index contributed by atoms with van der Waals surface area (Å²) in [6, 6.07) is 0. The van der Waals surface area contributed by atoms with Gasteiger partial charge in [0.2, 0.25) is 0 Å². The lowest BCUT2D eigenvalue weighted by atomic mass is 9.46. The second-order valence-electron chi connectivity index (χ2n) is 12.2. The zero-order valence-corrected chi connectivity index (χ0v) is 20.7. The lowest BCUT2D eigenvalue weighted by molar-refractivity contribution is -0.249. The minimum absolute atomic E-state index is 0.310. The van der Waals surface area contributed by atoms with Gasteiger partial charge in [0.25, 0.3) is 0 Å². The summed E-state index contributed by atoms with van der Waals surface area (Å²) in [5.74, 6) is 3.40. The van der Waals surface area contributed by atoms with Crippen LogP contribution in [0.3, 0.4) is 0 Å². The molecule has 5 rings (SSSR count). The Morgan fingerprint density at radius 2 is 1.71 bits per heavy atom. The Balaban J connectivity index is 1.41. The second kappa shape index (κ2) is 8.79. The van der Waals surface area contributed by atoms with Crippen LogP contribution in [0.15, 0.2) is 11.6 Å². The molecule has 31 heavy (non-hydrogen) atoms. The highest BCUT2D eigenvalue weighted by Crippen LogP contribution is 2.67. The highest BCUT2D eigenvalue weighted by atomic mass is 16.7. The van der Waals surface area contributed by atoms with E-state index in [-0.39, 0.29) is 5.79 Å². The Labute approximate surface area is 191 Å². The van der Waals surface area contributed by atoms with Gasteiger partial charge in [0.1, 0.15) is 0 Å². The van der Waals surface area contributed by atoms with Crippen LogP contribution >= 0.6 is 0 Å². The van der Waals surface area contributed by atoms with Crippen LogP contribution < -0.4 is 0 Å². The van der Waals surface area contributed by atoms with E-state index in [9.17, 15) is 0 Å². The minimum atomic E-state index is -0.315. The first-order chi connectivity index (χ1) is 15.1. The first-order valence-electron chi connectivity index (χ1n) is 14.0. The summed E-state index contributed by atoms with van der Waals surface area (Å²) >= 11 is 0. The van der Waals surface area contributed by atoms with Crippen LogP contribution in [-0.4, -0.2) is 19.5 Å². The van der Waals surface area contributed by atoms with Crippen LogP contribution in [0.1, 0.15) is 117 Å². The van der Waals surface area contributed by atoms with Crippen molar-refractivity contribution in [3.8, 4) is 0 Å². The molecule has 176 valence electrons. The number of hydrogen-bond donors (Lipinski definition) is 0. The van der Waals surface area contributed by atoms with Gasteiger partial charge in [-0.1, -0.05) is 44.8 Å². The van der Waals surface area contributed by atoms with E-state index in [1.54, 1.807) is 5.57 Å². The van der Waals surface area contributed by atoms with Crippen LogP contribution in [0, 0.1) is 34.5 Å². The largest absolute Gasteiger partial charge is 0.353 e. The topological polar surface area (TPSA) is 18.5 Å². The molecule has 0 bridgehead atoms. The van der Waals surface area contributed by atoms with Gasteiger partial charge in [-0.05, 0) is 99.7 Å². The summed E-state index contributed by atoms with van der Waals surface area (Å²) in [5, 5.41) is 0. The summed E-state index contributed by atoms with van der Waals surface area (Å²) < 4.78 is 13.1. The van der Waals surface area contributed by atoms with Crippen molar-refractivity contribution in [2.75, 3.05) is 13.7 Å². The lowest BCUT2D eigenvalue weighted by Crippen LogP contribution is -2.53. The van der Waals surface area contributed by atoms with Crippen LogP contribution in [0.25, 0.3) is 0 Å². The third-order valence-corrected chi connectivity index (χ3v) is 11.3. The maximum Gasteiger partial charge on any atom is 0.167 e. The summed E-state index contributed by atoms with van der Waals surface area (Å²) in [4.78, 5) is 0. The summed E-state index contributed by atoms with van der Waals surface area (Å²) in [6.45, 7) is 6.05. The Morgan fingerprint density at radius 3 is 2.45 bits per heavy atom. The average molecular weight is 429 g/mol. The zero-order chi connectivity index (χ0) is 21.5. The van der Waals surface area contributed by atoms with E-state index in [0.29, 0.717) is 10.8 Å². The van der Waals surface area contributed by atoms with Crippen molar-refractivity contribution in [2.24, 2.45) is 34.5 Å². The molecule has 0 aromatic heterocycles.